The zero-order chi connectivity index (χ0) is 12.4. The van der Waals surface area contributed by atoms with Crippen molar-refractivity contribution in [2.24, 2.45) is 0 Å². The van der Waals surface area contributed by atoms with Gasteiger partial charge in [-0.3, -0.25) is 0 Å². The van der Waals surface area contributed by atoms with Crippen LogP contribution in [0.5, 0.6) is 0 Å². The quantitative estimate of drug-likeness (QED) is 0.871. The molecule has 2 aromatic rings. The van der Waals surface area contributed by atoms with Gasteiger partial charge in [-0.1, -0.05) is 23.7 Å². The van der Waals surface area contributed by atoms with Crippen LogP contribution in [-0.2, 0) is 0 Å². The van der Waals surface area contributed by atoms with Gasteiger partial charge in [0.25, 0.3) is 0 Å². The fraction of sp³-hybridized carbons (Fsp3) is 0.286. The molecule has 0 fully saturated rings. The van der Waals surface area contributed by atoms with Crippen molar-refractivity contribution in [1.82, 2.24) is 5.32 Å². The van der Waals surface area contributed by atoms with Crippen molar-refractivity contribution in [1.29, 1.82) is 0 Å². The minimum atomic E-state index is 0.229. The Labute approximate surface area is 111 Å². The van der Waals surface area contributed by atoms with Crippen LogP contribution in [0.1, 0.15) is 26.9 Å². The van der Waals surface area contributed by atoms with Gasteiger partial charge in [0.1, 0.15) is 0 Å². The van der Waals surface area contributed by atoms with Crippen molar-refractivity contribution in [2.75, 3.05) is 7.05 Å². The van der Waals surface area contributed by atoms with Crippen LogP contribution >= 0.6 is 22.9 Å². The molecule has 0 amide bonds. The number of halogens is 1. The van der Waals surface area contributed by atoms with Crippen molar-refractivity contribution in [3.8, 4) is 0 Å². The fourth-order valence-electron chi connectivity index (χ4n) is 2.08. The van der Waals surface area contributed by atoms with E-state index in [2.05, 4.69) is 31.3 Å². The Morgan fingerprint density at radius 1 is 1.24 bits per heavy atom. The maximum Gasteiger partial charge on any atom is 0.0671 e. The van der Waals surface area contributed by atoms with Gasteiger partial charge in [-0.25, -0.2) is 0 Å². The molecule has 0 saturated carbocycles. The molecule has 0 radical (unpaired) electrons. The predicted octanol–water partition coefficient (Wildman–Crippen LogP) is 4.33. The van der Waals surface area contributed by atoms with Crippen LogP contribution in [0.4, 0.5) is 0 Å². The van der Waals surface area contributed by atoms with Gasteiger partial charge in [-0.15, -0.1) is 11.3 Å². The first-order chi connectivity index (χ1) is 8.11. The van der Waals surface area contributed by atoms with Gasteiger partial charge in [0.05, 0.1) is 6.04 Å². The maximum atomic E-state index is 6.05. The molecule has 1 unspecified atom stereocenters. The number of hydrogen-bond donors (Lipinski definition) is 1. The summed E-state index contributed by atoms with van der Waals surface area (Å²) < 4.78 is 0. The summed E-state index contributed by atoms with van der Waals surface area (Å²) in [4.78, 5) is 2.71. The lowest BCUT2D eigenvalue weighted by Crippen LogP contribution is -2.17. The summed E-state index contributed by atoms with van der Waals surface area (Å²) in [6.45, 7) is 4.31. The molecule has 1 nitrogen and oxygen atoms in total. The molecular formula is C14H16ClNS. The van der Waals surface area contributed by atoms with E-state index in [1.54, 1.807) is 0 Å². The number of rotatable bonds is 3. The van der Waals surface area contributed by atoms with Gasteiger partial charge >= 0.3 is 0 Å². The highest BCUT2D eigenvalue weighted by atomic mass is 35.5. The minimum absolute atomic E-state index is 0.229. The second-order valence-corrected chi connectivity index (χ2v) is 5.91. The van der Waals surface area contributed by atoms with E-state index in [1.807, 2.05) is 36.6 Å². The van der Waals surface area contributed by atoms with Crippen LogP contribution in [-0.4, -0.2) is 7.05 Å². The summed E-state index contributed by atoms with van der Waals surface area (Å²) in [6, 6.07) is 10.5. The van der Waals surface area contributed by atoms with Crippen LogP contribution < -0.4 is 5.32 Å². The zero-order valence-corrected chi connectivity index (χ0v) is 11.8. The van der Waals surface area contributed by atoms with Crippen LogP contribution in [0.3, 0.4) is 0 Å². The summed E-state index contributed by atoms with van der Waals surface area (Å²) in [5.41, 5.74) is 2.55. The van der Waals surface area contributed by atoms with Gasteiger partial charge < -0.3 is 5.32 Å². The molecule has 3 heteroatoms. The van der Waals surface area contributed by atoms with Crippen LogP contribution in [0.25, 0.3) is 0 Å². The SMILES string of the molecule is CNC(c1cccc(Cl)c1)c1sc(C)cc1C. The monoisotopic (exact) mass is 265 g/mol. The lowest BCUT2D eigenvalue weighted by molar-refractivity contribution is 0.700. The van der Waals surface area contributed by atoms with Gasteiger partial charge in [0.2, 0.25) is 0 Å². The molecule has 0 saturated heterocycles. The first-order valence-corrected chi connectivity index (χ1v) is 6.81. The Kier molecular flexibility index (Phi) is 3.87. The second kappa shape index (κ2) is 5.21. The summed E-state index contributed by atoms with van der Waals surface area (Å²) in [6.07, 6.45) is 0. The minimum Gasteiger partial charge on any atom is -0.309 e. The Bertz CT molecular complexity index is 519. The standard InChI is InChI=1S/C14H16ClNS/c1-9-7-10(2)17-14(9)13(16-3)11-5-4-6-12(15)8-11/h4-8,13,16H,1-3H3. The molecule has 1 N–H and O–H groups in total. The molecule has 0 spiro atoms. The normalized spacial score (nSPS) is 12.7. The highest BCUT2D eigenvalue weighted by molar-refractivity contribution is 7.12. The first-order valence-electron chi connectivity index (χ1n) is 5.61. The Balaban J connectivity index is 2.43. The van der Waals surface area contributed by atoms with Gasteiger partial charge in [-0.2, -0.15) is 0 Å². The van der Waals surface area contributed by atoms with Gasteiger partial charge in [0, 0.05) is 14.8 Å². The van der Waals surface area contributed by atoms with E-state index in [0.717, 1.165) is 5.02 Å². The summed E-state index contributed by atoms with van der Waals surface area (Å²) in [7, 11) is 1.99. The molecule has 0 aliphatic rings. The van der Waals surface area contributed by atoms with E-state index in [9.17, 15) is 0 Å². The van der Waals surface area contributed by atoms with E-state index in [0.29, 0.717) is 0 Å². The lowest BCUT2D eigenvalue weighted by Gasteiger charge is -2.16. The number of thiophene rings is 1. The number of aryl methyl sites for hydroxylation is 2. The summed E-state index contributed by atoms with van der Waals surface area (Å²) in [5.74, 6) is 0. The molecule has 0 aliphatic heterocycles. The molecular weight excluding hydrogens is 250 g/mol. The fourth-order valence-corrected chi connectivity index (χ4v) is 3.45. The molecule has 0 bridgehead atoms. The highest BCUT2D eigenvalue weighted by Crippen LogP contribution is 2.32. The zero-order valence-electron chi connectivity index (χ0n) is 10.3. The van der Waals surface area contributed by atoms with Gasteiger partial charge in [-0.05, 0) is 50.2 Å². The van der Waals surface area contributed by atoms with E-state index < -0.39 is 0 Å². The average Bonchev–Trinajstić information content (AvgIpc) is 2.59. The van der Waals surface area contributed by atoms with Crippen molar-refractivity contribution < 1.29 is 0 Å². The lowest BCUT2D eigenvalue weighted by atomic mass is 10.0. The second-order valence-electron chi connectivity index (χ2n) is 4.18. The molecule has 1 aromatic heterocycles. The Morgan fingerprint density at radius 3 is 2.53 bits per heavy atom. The third-order valence-corrected chi connectivity index (χ3v) is 4.26. The van der Waals surface area contributed by atoms with Crippen molar-refractivity contribution in [2.45, 2.75) is 19.9 Å². The molecule has 2 rings (SSSR count). The van der Waals surface area contributed by atoms with E-state index in [-0.39, 0.29) is 6.04 Å². The largest absolute Gasteiger partial charge is 0.309 e. The van der Waals surface area contributed by atoms with E-state index in [1.165, 1.54) is 20.9 Å². The van der Waals surface area contributed by atoms with Gasteiger partial charge in [0.15, 0.2) is 0 Å². The van der Waals surface area contributed by atoms with Crippen LogP contribution in [0.15, 0.2) is 30.3 Å². The molecule has 1 heterocycles. The van der Waals surface area contributed by atoms with E-state index >= 15 is 0 Å². The summed E-state index contributed by atoms with van der Waals surface area (Å²) in [5, 5.41) is 4.15. The summed E-state index contributed by atoms with van der Waals surface area (Å²) >= 11 is 7.90. The van der Waals surface area contributed by atoms with Crippen molar-refractivity contribution >= 4 is 22.9 Å². The third-order valence-electron chi connectivity index (χ3n) is 2.81. The third kappa shape index (κ3) is 2.71. The Morgan fingerprint density at radius 2 is 2.00 bits per heavy atom. The average molecular weight is 266 g/mol. The topological polar surface area (TPSA) is 12.0 Å². The highest BCUT2D eigenvalue weighted by Gasteiger charge is 2.16. The molecule has 1 aromatic carbocycles. The van der Waals surface area contributed by atoms with Crippen LogP contribution in [0, 0.1) is 13.8 Å². The Hall–Kier alpha value is -0.830. The molecule has 1 atom stereocenters. The molecule has 0 aliphatic carbocycles. The smallest absolute Gasteiger partial charge is 0.0671 e. The number of hydrogen-bond acceptors (Lipinski definition) is 2. The molecule has 17 heavy (non-hydrogen) atoms. The predicted molar refractivity (Wildman–Crippen MR) is 76.1 cm³/mol. The number of nitrogens with one attached hydrogen (secondary N) is 1. The van der Waals surface area contributed by atoms with Crippen LogP contribution in [0.2, 0.25) is 5.02 Å². The number of benzene rings is 1. The maximum absolute atomic E-state index is 6.05. The van der Waals surface area contributed by atoms with Crippen molar-refractivity contribution in [3.05, 3.63) is 56.2 Å². The van der Waals surface area contributed by atoms with Crippen molar-refractivity contribution in [3.63, 3.8) is 0 Å². The van der Waals surface area contributed by atoms with E-state index in [4.69, 9.17) is 11.6 Å². The molecule has 90 valence electrons. The first kappa shape index (κ1) is 12.6.